The summed E-state index contributed by atoms with van der Waals surface area (Å²) in [7, 11) is 0. The summed E-state index contributed by atoms with van der Waals surface area (Å²) < 4.78 is 16.1. The highest BCUT2D eigenvalue weighted by Gasteiger charge is 2.40. The van der Waals surface area contributed by atoms with E-state index in [-0.39, 0.29) is 25.1 Å². The van der Waals surface area contributed by atoms with Crippen molar-refractivity contribution in [2.75, 3.05) is 11.9 Å². The zero-order valence-electron chi connectivity index (χ0n) is 18.3. The number of benzene rings is 2. The van der Waals surface area contributed by atoms with Crippen LogP contribution >= 0.6 is 15.9 Å². The van der Waals surface area contributed by atoms with E-state index in [0.717, 1.165) is 4.90 Å². The minimum Gasteiger partial charge on any atom is -0.366 e. The molecule has 35 heavy (non-hydrogen) atoms. The van der Waals surface area contributed by atoms with Gasteiger partial charge in [-0.2, -0.15) is 0 Å². The van der Waals surface area contributed by atoms with Gasteiger partial charge in [0.2, 0.25) is 11.8 Å². The summed E-state index contributed by atoms with van der Waals surface area (Å²) in [5.74, 6) is -1.16. The Labute approximate surface area is 207 Å². The molecule has 0 bridgehead atoms. The molecule has 1 aliphatic heterocycles. The standard InChI is InChI=1S/C23H22BrFN6O4/c24-14-6-12(5-13(7-14)20(26)32)9-28-21(33)19-8-15(25)10-31(19)23(35)29-17-11-30(22(27)34)18-4-2-1-3-16(17)18/h1-7,11,15,19H,8-10H2,(H2,26,32)(H2,27,34)(H,28,33)(H,29,35)/t15-,19+/m1/s1. The van der Waals surface area contributed by atoms with Gasteiger partial charge in [0.05, 0.1) is 17.7 Å². The van der Waals surface area contributed by atoms with E-state index in [1.54, 1.807) is 42.5 Å². The zero-order valence-corrected chi connectivity index (χ0v) is 19.9. The number of nitrogens with one attached hydrogen (secondary N) is 2. The number of urea groups is 1. The summed E-state index contributed by atoms with van der Waals surface area (Å²) in [4.78, 5) is 50.2. The number of amides is 5. The predicted octanol–water partition coefficient (Wildman–Crippen LogP) is 2.69. The third kappa shape index (κ3) is 5.11. The summed E-state index contributed by atoms with van der Waals surface area (Å²) in [5.41, 5.74) is 12.4. The van der Waals surface area contributed by atoms with E-state index in [1.165, 1.54) is 10.8 Å². The molecule has 0 saturated carbocycles. The fraction of sp³-hybridized carbons (Fsp3) is 0.217. The number of likely N-dealkylation sites (tertiary alicyclic amines) is 1. The molecule has 1 aromatic heterocycles. The van der Waals surface area contributed by atoms with Crippen molar-refractivity contribution in [2.24, 2.45) is 11.5 Å². The molecule has 1 aliphatic rings. The van der Waals surface area contributed by atoms with Crippen LogP contribution < -0.4 is 22.1 Å². The van der Waals surface area contributed by atoms with Gasteiger partial charge in [-0.15, -0.1) is 0 Å². The van der Waals surface area contributed by atoms with Gasteiger partial charge in [0.25, 0.3) is 0 Å². The van der Waals surface area contributed by atoms with Gasteiger partial charge in [0.1, 0.15) is 12.2 Å². The number of carbonyl (C=O) groups excluding carboxylic acids is 4. The van der Waals surface area contributed by atoms with Gasteiger partial charge in [0.15, 0.2) is 0 Å². The summed E-state index contributed by atoms with van der Waals surface area (Å²) in [6.07, 6.45) is -0.157. The van der Waals surface area contributed by atoms with Crippen LogP contribution in [0.25, 0.3) is 10.9 Å². The Morgan fingerprint density at radius 2 is 1.86 bits per heavy atom. The lowest BCUT2D eigenvalue weighted by atomic mass is 10.1. The third-order valence-electron chi connectivity index (χ3n) is 5.71. The van der Waals surface area contributed by atoms with Gasteiger partial charge in [-0.25, -0.2) is 14.0 Å². The molecule has 1 saturated heterocycles. The van der Waals surface area contributed by atoms with Crippen LogP contribution in [0.4, 0.5) is 19.7 Å². The molecule has 0 radical (unpaired) electrons. The minimum atomic E-state index is -1.38. The maximum atomic E-state index is 14.3. The first-order valence-electron chi connectivity index (χ1n) is 10.6. The number of carbonyl (C=O) groups is 4. The molecule has 182 valence electrons. The lowest BCUT2D eigenvalue weighted by molar-refractivity contribution is -0.124. The molecule has 2 aromatic carbocycles. The predicted molar refractivity (Wildman–Crippen MR) is 130 cm³/mol. The molecule has 3 aromatic rings. The van der Waals surface area contributed by atoms with Gasteiger partial charge < -0.3 is 27.0 Å². The highest BCUT2D eigenvalue weighted by Crippen LogP contribution is 2.28. The second kappa shape index (κ2) is 9.74. The van der Waals surface area contributed by atoms with Crippen LogP contribution in [0.5, 0.6) is 0 Å². The van der Waals surface area contributed by atoms with Crippen LogP contribution in [-0.4, -0.2) is 52.1 Å². The Morgan fingerprint density at radius 3 is 2.57 bits per heavy atom. The van der Waals surface area contributed by atoms with E-state index in [0.29, 0.717) is 26.6 Å². The van der Waals surface area contributed by atoms with Crippen LogP contribution in [0, 0.1) is 0 Å². The number of nitrogens with zero attached hydrogens (tertiary/aromatic N) is 2. The van der Waals surface area contributed by atoms with Crippen molar-refractivity contribution in [1.82, 2.24) is 14.8 Å². The monoisotopic (exact) mass is 544 g/mol. The van der Waals surface area contributed by atoms with E-state index in [4.69, 9.17) is 11.5 Å². The van der Waals surface area contributed by atoms with E-state index in [9.17, 15) is 23.6 Å². The Bertz CT molecular complexity index is 1340. The van der Waals surface area contributed by atoms with Crippen LogP contribution in [-0.2, 0) is 11.3 Å². The highest BCUT2D eigenvalue weighted by molar-refractivity contribution is 9.10. The number of rotatable bonds is 5. The fourth-order valence-electron chi connectivity index (χ4n) is 4.11. The summed E-state index contributed by atoms with van der Waals surface area (Å²) in [6.45, 7) is -0.214. The number of anilines is 1. The Morgan fingerprint density at radius 1 is 1.11 bits per heavy atom. The molecule has 2 atom stereocenters. The van der Waals surface area contributed by atoms with Crippen molar-refractivity contribution >= 4 is 56.4 Å². The van der Waals surface area contributed by atoms with Gasteiger partial charge in [-0.3, -0.25) is 14.2 Å². The van der Waals surface area contributed by atoms with Gasteiger partial charge >= 0.3 is 12.1 Å². The number of para-hydroxylation sites is 1. The van der Waals surface area contributed by atoms with Gasteiger partial charge in [-0.05, 0) is 29.8 Å². The zero-order chi connectivity index (χ0) is 25.3. The van der Waals surface area contributed by atoms with Crippen molar-refractivity contribution < 1.29 is 23.6 Å². The Balaban J connectivity index is 1.49. The lowest BCUT2D eigenvalue weighted by Gasteiger charge is -2.24. The maximum Gasteiger partial charge on any atom is 0.323 e. The number of nitrogens with two attached hydrogens (primary N) is 2. The average Bonchev–Trinajstić information content (AvgIpc) is 3.38. The third-order valence-corrected chi connectivity index (χ3v) is 6.17. The number of aromatic nitrogens is 1. The minimum absolute atomic E-state index is 0.0492. The van der Waals surface area contributed by atoms with Gasteiger partial charge in [0, 0.05) is 34.6 Å². The van der Waals surface area contributed by atoms with Crippen molar-refractivity contribution in [3.63, 3.8) is 0 Å². The Kier molecular flexibility index (Phi) is 6.74. The number of halogens is 2. The highest BCUT2D eigenvalue weighted by atomic mass is 79.9. The molecule has 0 spiro atoms. The summed E-state index contributed by atoms with van der Waals surface area (Å²) >= 11 is 3.29. The molecule has 4 rings (SSSR count). The lowest BCUT2D eigenvalue weighted by Crippen LogP contribution is -2.47. The second-order valence-electron chi connectivity index (χ2n) is 8.13. The largest absolute Gasteiger partial charge is 0.366 e. The van der Waals surface area contributed by atoms with Crippen molar-refractivity contribution in [3.05, 3.63) is 64.3 Å². The number of hydrogen-bond acceptors (Lipinski definition) is 4. The van der Waals surface area contributed by atoms with E-state index in [2.05, 4.69) is 26.6 Å². The number of hydrogen-bond donors (Lipinski definition) is 4. The second-order valence-corrected chi connectivity index (χ2v) is 9.05. The average molecular weight is 545 g/mol. The van der Waals surface area contributed by atoms with Crippen molar-refractivity contribution in [2.45, 2.75) is 25.2 Å². The first-order chi connectivity index (χ1) is 16.6. The fourth-order valence-corrected chi connectivity index (χ4v) is 4.65. The first-order valence-corrected chi connectivity index (χ1v) is 11.4. The molecule has 6 N–H and O–H groups in total. The van der Waals surface area contributed by atoms with Gasteiger partial charge in [-0.1, -0.05) is 34.1 Å². The van der Waals surface area contributed by atoms with E-state index >= 15 is 0 Å². The quantitative estimate of drug-likeness (QED) is 0.390. The normalized spacial score (nSPS) is 17.4. The van der Waals surface area contributed by atoms with Crippen LogP contribution in [0.2, 0.25) is 0 Å². The van der Waals surface area contributed by atoms with E-state index in [1.807, 2.05) is 0 Å². The molecule has 5 amide bonds. The summed E-state index contributed by atoms with van der Waals surface area (Å²) in [5, 5.41) is 5.92. The maximum absolute atomic E-state index is 14.3. The topological polar surface area (TPSA) is 153 Å². The molecule has 1 fully saturated rings. The Hall–Kier alpha value is -3.93. The molecule has 0 aliphatic carbocycles. The SMILES string of the molecule is NC(=O)c1cc(Br)cc(CNC(=O)[C@@H]2C[C@@H](F)CN2C(=O)Nc2cn(C(N)=O)c3ccccc23)c1. The number of fused-ring (bicyclic) bond motifs is 1. The number of alkyl halides is 1. The van der Waals surface area contributed by atoms with Crippen LogP contribution in [0.1, 0.15) is 22.3 Å². The van der Waals surface area contributed by atoms with Crippen molar-refractivity contribution in [3.8, 4) is 0 Å². The first kappa shape index (κ1) is 24.2. The molecule has 10 nitrogen and oxygen atoms in total. The summed E-state index contributed by atoms with van der Waals surface area (Å²) in [6, 6.07) is 9.18. The van der Waals surface area contributed by atoms with Crippen molar-refractivity contribution in [1.29, 1.82) is 0 Å². The molecule has 12 heteroatoms. The van der Waals surface area contributed by atoms with Crippen LogP contribution in [0.15, 0.2) is 53.1 Å². The molecular formula is C23H22BrFN6O4. The number of primary amides is 2. The smallest absolute Gasteiger partial charge is 0.323 e. The van der Waals surface area contributed by atoms with E-state index < -0.39 is 36.1 Å². The molecule has 2 heterocycles. The molecule has 0 unspecified atom stereocenters. The molecular weight excluding hydrogens is 523 g/mol. The van der Waals surface area contributed by atoms with Crippen LogP contribution in [0.3, 0.4) is 0 Å².